The number of hydrogen-bond donors (Lipinski definition) is 1. The summed E-state index contributed by atoms with van der Waals surface area (Å²) in [5, 5.41) is 2.82. The van der Waals surface area contributed by atoms with Crippen LogP contribution in [0.3, 0.4) is 0 Å². The third-order valence-electron chi connectivity index (χ3n) is 2.38. The number of amides is 1. The van der Waals surface area contributed by atoms with E-state index < -0.39 is 0 Å². The molecule has 0 saturated heterocycles. The molecule has 1 amide bonds. The summed E-state index contributed by atoms with van der Waals surface area (Å²) in [6, 6.07) is 0. The van der Waals surface area contributed by atoms with Crippen molar-refractivity contribution in [3.8, 4) is 0 Å². The minimum atomic E-state index is -0.0107. The average Bonchev–Trinajstić information content (AvgIpc) is 2.22. The van der Waals surface area contributed by atoms with E-state index in [1.165, 1.54) is 45.6 Å². The van der Waals surface area contributed by atoms with E-state index in [2.05, 4.69) is 12.2 Å². The lowest BCUT2D eigenvalue weighted by Crippen LogP contribution is -2.27. The maximum Gasteiger partial charge on any atom is 0.245 e. The van der Waals surface area contributed by atoms with Crippen molar-refractivity contribution in [2.24, 2.45) is 0 Å². The van der Waals surface area contributed by atoms with Crippen LogP contribution in [0.5, 0.6) is 0 Å². The highest BCUT2D eigenvalue weighted by Crippen LogP contribution is 2.06. The monoisotopic (exact) mass is 215 g/mol. The molecule has 0 fully saturated rings. The number of hydrogen-bond acceptors (Lipinski definition) is 2. The van der Waals surface area contributed by atoms with Crippen LogP contribution in [0.4, 0.5) is 0 Å². The van der Waals surface area contributed by atoms with Gasteiger partial charge in [-0.15, -0.1) is 0 Å². The molecule has 15 heavy (non-hydrogen) atoms. The van der Waals surface area contributed by atoms with Crippen LogP contribution in [0, 0.1) is 0 Å². The summed E-state index contributed by atoms with van der Waals surface area (Å²) in [5.74, 6) is -0.0107. The molecule has 0 heterocycles. The van der Waals surface area contributed by atoms with Crippen LogP contribution in [-0.4, -0.2) is 26.2 Å². The lowest BCUT2D eigenvalue weighted by molar-refractivity contribution is -0.124. The molecule has 0 aromatic rings. The van der Waals surface area contributed by atoms with Crippen LogP contribution < -0.4 is 5.32 Å². The summed E-state index contributed by atoms with van der Waals surface area (Å²) < 4.78 is 4.71. The van der Waals surface area contributed by atoms with Gasteiger partial charge in [-0.2, -0.15) is 0 Å². The van der Waals surface area contributed by atoms with Gasteiger partial charge in [-0.1, -0.05) is 45.4 Å². The van der Waals surface area contributed by atoms with Gasteiger partial charge in [0, 0.05) is 13.7 Å². The molecule has 0 unspecified atom stereocenters. The Balaban J connectivity index is 3.01. The fourth-order valence-electron chi connectivity index (χ4n) is 1.49. The number of methoxy groups -OCH3 is 1. The topological polar surface area (TPSA) is 38.3 Å². The fourth-order valence-corrected chi connectivity index (χ4v) is 1.49. The summed E-state index contributed by atoms with van der Waals surface area (Å²) in [5.41, 5.74) is 0. The Morgan fingerprint density at radius 1 is 1.07 bits per heavy atom. The maximum absolute atomic E-state index is 11.0. The second-order valence-electron chi connectivity index (χ2n) is 3.90. The average molecular weight is 215 g/mol. The smallest absolute Gasteiger partial charge is 0.245 e. The highest BCUT2D eigenvalue weighted by molar-refractivity contribution is 5.77. The molecule has 0 spiro atoms. The van der Waals surface area contributed by atoms with Gasteiger partial charge in [-0.25, -0.2) is 0 Å². The highest BCUT2D eigenvalue weighted by Gasteiger charge is 1.97. The molecule has 0 radical (unpaired) electrons. The van der Waals surface area contributed by atoms with Crippen LogP contribution in [0.2, 0.25) is 0 Å². The first-order chi connectivity index (χ1) is 7.31. The van der Waals surface area contributed by atoms with E-state index in [1.54, 1.807) is 0 Å². The van der Waals surface area contributed by atoms with Crippen LogP contribution in [0.1, 0.15) is 51.9 Å². The van der Waals surface area contributed by atoms with Gasteiger partial charge in [0.15, 0.2) is 0 Å². The molecular weight excluding hydrogens is 190 g/mol. The molecule has 0 rings (SSSR count). The van der Waals surface area contributed by atoms with Crippen LogP contribution in [0.25, 0.3) is 0 Å². The molecule has 3 nitrogen and oxygen atoms in total. The van der Waals surface area contributed by atoms with Crippen LogP contribution in [-0.2, 0) is 9.53 Å². The Kier molecular flexibility index (Phi) is 11.1. The zero-order chi connectivity index (χ0) is 11.4. The quantitative estimate of drug-likeness (QED) is 0.569. The Labute approximate surface area is 93.6 Å². The van der Waals surface area contributed by atoms with E-state index in [4.69, 9.17) is 4.74 Å². The van der Waals surface area contributed by atoms with Crippen molar-refractivity contribution in [2.45, 2.75) is 51.9 Å². The third kappa shape index (κ3) is 11.4. The number of rotatable bonds is 10. The number of unbranched alkanes of at least 4 members (excludes halogenated alkanes) is 6. The molecule has 3 heteroatoms. The van der Waals surface area contributed by atoms with Crippen molar-refractivity contribution >= 4 is 5.91 Å². The molecule has 0 aliphatic carbocycles. The van der Waals surface area contributed by atoms with Gasteiger partial charge in [0.1, 0.15) is 6.61 Å². The van der Waals surface area contributed by atoms with Gasteiger partial charge in [0.2, 0.25) is 5.91 Å². The van der Waals surface area contributed by atoms with E-state index in [0.717, 1.165) is 13.0 Å². The van der Waals surface area contributed by atoms with Crippen molar-refractivity contribution in [1.82, 2.24) is 5.32 Å². The van der Waals surface area contributed by atoms with Crippen molar-refractivity contribution in [3.05, 3.63) is 0 Å². The SMILES string of the molecule is CCCCCCCCCNC(=O)COC. The second kappa shape index (κ2) is 11.5. The second-order valence-corrected chi connectivity index (χ2v) is 3.90. The minimum Gasteiger partial charge on any atom is -0.375 e. The molecule has 0 aromatic carbocycles. The summed E-state index contributed by atoms with van der Waals surface area (Å²) in [6.45, 7) is 3.19. The summed E-state index contributed by atoms with van der Waals surface area (Å²) in [4.78, 5) is 11.0. The van der Waals surface area contributed by atoms with Crippen molar-refractivity contribution in [3.63, 3.8) is 0 Å². The molecule has 0 aliphatic rings. The fraction of sp³-hybridized carbons (Fsp3) is 0.917. The summed E-state index contributed by atoms with van der Waals surface area (Å²) >= 11 is 0. The van der Waals surface area contributed by atoms with E-state index in [1.807, 2.05) is 0 Å². The molecular formula is C12H25NO2. The first-order valence-corrected chi connectivity index (χ1v) is 6.07. The van der Waals surface area contributed by atoms with Gasteiger partial charge in [-0.3, -0.25) is 4.79 Å². The van der Waals surface area contributed by atoms with E-state index in [-0.39, 0.29) is 12.5 Å². The third-order valence-corrected chi connectivity index (χ3v) is 2.38. The van der Waals surface area contributed by atoms with Gasteiger partial charge < -0.3 is 10.1 Å². The molecule has 0 saturated carbocycles. The van der Waals surface area contributed by atoms with Gasteiger partial charge in [0.25, 0.3) is 0 Å². The molecule has 0 aromatic heterocycles. The highest BCUT2D eigenvalue weighted by atomic mass is 16.5. The van der Waals surface area contributed by atoms with Crippen molar-refractivity contribution in [1.29, 1.82) is 0 Å². The lowest BCUT2D eigenvalue weighted by Gasteiger charge is -2.04. The molecule has 1 N–H and O–H groups in total. The van der Waals surface area contributed by atoms with Gasteiger partial charge in [0.05, 0.1) is 0 Å². The zero-order valence-corrected chi connectivity index (χ0v) is 10.2. The van der Waals surface area contributed by atoms with Crippen LogP contribution in [0.15, 0.2) is 0 Å². The predicted octanol–water partition coefficient (Wildman–Crippen LogP) is 2.50. The van der Waals surface area contributed by atoms with E-state index in [9.17, 15) is 4.79 Å². The molecule has 0 aliphatic heterocycles. The number of ether oxygens (including phenoxy) is 1. The van der Waals surface area contributed by atoms with Gasteiger partial charge >= 0.3 is 0 Å². The zero-order valence-electron chi connectivity index (χ0n) is 10.2. The largest absolute Gasteiger partial charge is 0.375 e. The Bertz CT molecular complexity index is 149. The van der Waals surface area contributed by atoms with E-state index in [0.29, 0.717) is 0 Å². The lowest BCUT2D eigenvalue weighted by atomic mass is 10.1. The number of carbonyl (C=O) groups is 1. The van der Waals surface area contributed by atoms with Gasteiger partial charge in [-0.05, 0) is 6.42 Å². The summed E-state index contributed by atoms with van der Waals surface area (Å²) in [7, 11) is 1.54. The maximum atomic E-state index is 11.0. The molecule has 0 bridgehead atoms. The predicted molar refractivity (Wildman–Crippen MR) is 62.9 cm³/mol. The minimum absolute atomic E-state index is 0.0107. The standard InChI is InChI=1S/C12H25NO2/c1-3-4-5-6-7-8-9-10-13-12(14)11-15-2/h3-11H2,1-2H3,(H,13,14). The molecule has 90 valence electrons. The Morgan fingerprint density at radius 3 is 2.27 bits per heavy atom. The summed E-state index contributed by atoms with van der Waals surface area (Å²) in [6.07, 6.45) is 8.93. The van der Waals surface area contributed by atoms with Crippen LogP contribution >= 0.6 is 0 Å². The Hall–Kier alpha value is -0.570. The van der Waals surface area contributed by atoms with Crippen molar-refractivity contribution < 1.29 is 9.53 Å². The Morgan fingerprint density at radius 2 is 1.67 bits per heavy atom. The first kappa shape index (κ1) is 14.4. The van der Waals surface area contributed by atoms with E-state index >= 15 is 0 Å². The first-order valence-electron chi connectivity index (χ1n) is 6.07. The molecule has 0 atom stereocenters. The number of carbonyl (C=O) groups excluding carboxylic acids is 1. The van der Waals surface area contributed by atoms with Crippen molar-refractivity contribution in [2.75, 3.05) is 20.3 Å². The number of nitrogens with one attached hydrogen (secondary N) is 1. The normalized spacial score (nSPS) is 10.3.